The molecule has 1 unspecified atom stereocenters. The van der Waals surface area contributed by atoms with Crippen LogP contribution in [-0.2, 0) is 0 Å². The van der Waals surface area contributed by atoms with Gasteiger partial charge in [-0.1, -0.05) is 6.07 Å². The summed E-state index contributed by atoms with van der Waals surface area (Å²) in [5, 5.41) is 13.7. The molecule has 1 rings (SSSR count). The summed E-state index contributed by atoms with van der Waals surface area (Å²) < 4.78 is 42.3. The van der Waals surface area contributed by atoms with Gasteiger partial charge < -0.3 is 10.1 Å². The third kappa shape index (κ3) is 5.49. The van der Waals surface area contributed by atoms with E-state index in [0.717, 1.165) is 0 Å². The van der Waals surface area contributed by atoms with Crippen molar-refractivity contribution in [2.75, 3.05) is 5.32 Å². The number of hydrogen-bond acceptors (Lipinski definition) is 4. The summed E-state index contributed by atoms with van der Waals surface area (Å²) in [6, 6.07) is 3.28. The van der Waals surface area contributed by atoms with Crippen LogP contribution in [-0.4, -0.2) is 23.2 Å². The van der Waals surface area contributed by atoms with Crippen LogP contribution < -0.4 is 10.1 Å². The van der Waals surface area contributed by atoms with Gasteiger partial charge in [-0.05, 0) is 32.9 Å². The Kier molecular flexibility index (Phi) is 5.40. The van der Waals surface area contributed by atoms with E-state index >= 15 is 0 Å². The smallest absolute Gasteiger partial charge is 0.391 e. The fourth-order valence-corrected chi connectivity index (χ4v) is 1.84. The first-order chi connectivity index (χ1) is 9.60. The highest BCUT2D eigenvalue weighted by Crippen LogP contribution is 2.36. The SMILES string of the molecule is CC(CC(F)(F)F)Nc1cccc(OC(C)C)c1[N+](=O)[O-]. The standard InChI is InChI=1S/C13H17F3N2O3/c1-8(2)21-11-6-4-5-10(12(11)18(19)20)17-9(3)7-13(14,15)16/h4-6,8-9,17H,7H2,1-3H3. The maximum absolute atomic E-state index is 12.3. The number of rotatable bonds is 6. The van der Waals surface area contributed by atoms with E-state index in [2.05, 4.69) is 5.32 Å². The fourth-order valence-electron chi connectivity index (χ4n) is 1.84. The molecule has 5 nitrogen and oxygen atoms in total. The monoisotopic (exact) mass is 306 g/mol. The molecule has 0 heterocycles. The Hall–Kier alpha value is -1.99. The zero-order chi connectivity index (χ0) is 16.2. The Bertz CT molecular complexity index is 504. The Labute approximate surface area is 120 Å². The number of para-hydroxylation sites is 1. The van der Waals surface area contributed by atoms with E-state index in [1.165, 1.54) is 25.1 Å². The number of halogens is 3. The zero-order valence-electron chi connectivity index (χ0n) is 11.9. The van der Waals surface area contributed by atoms with Crippen LogP contribution in [0.4, 0.5) is 24.5 Å². The Morgan fingerprint density at radius 1 is 1.33 bits per heavy atom. The molecule has 1 atom stereocenters. The molecule has 1 N–H and O–H groups in total. The van der Waals surface area contributed by atoms with Crippen molar-refractivity contribution in [2.24, 2.45) is 0 Å². The third-order valence-electron chi connectivity index (χ3n) is 2.48. The number of ether oxygens (including phenoxy) is 1. The fraction of sp³-hybridized carbons (Fsp3) is 0.538. The summed E-state index contributed by atoms with van der Waals surface area (Å²) in [5.41, 5.74) is -0.352. The van der Waals surface area contributed by atoms with Crippen molar-refractivity contribution < 1.29 is 22.8 Å². The zero-order valence-corrected chi connectivity index (χ0v) is 11.9. The van der Waals surface area contributed by atoms with E-state index in [9.17, 15) is 23.3 Å². The van der Waals surface area contributed by atoms with Crippen LogP contribution in [0, 0.1) is 10.1 Å². The van der Waals surface area contributed by atoms with Crippen molar-refractivity contribution in [1.29, 1.82) is 0 Å². The largest absolute Gasteiger partial charge is 0.484 e. The highest BCUT2D eigenvalue weighted by Gasteiger charge is 2.31. The predicted molar refractivity (Wildman–Crippen MR) is 72.6 cm³/mol. The van der Waals surface area contributed by atoms with E-state index in [4.69, 9.17) is 4.74 Å². The van der Waals surface area contributed by atoms with Crippen LogP contribution in [0.15, 0.2) is 18.2 Å². The number of nitrogens with zero attached hydrogens (tertiary/aromatic N) is 1. The average molecular weight is 306 g/mol. The van der Waals surface area contributed by atoms with Crippen molar-refractivity contribution in [1.82, 2.24) is 0 Å². The minimum atomic E-state index is -4.34. The van der Waals surface area contributed by atoms with E-state index in [-0.39, 0.29) is 23.2 Å². The molecule has 1 aromatic carbocycles. The lowest BCUT2D eigenvalue weighted by atomic mass is 10.2. The first kappa shape index (κ1) is 17.1. The minimum Gasteiger partial charge on any atom is -0.484 e. The second kappa shape index (κ2) is 6.64. The maximum Gasteiger partial charge on any atom is 0.391 e. The summed E-state index contributed by atoms with van der Waals surface area (Å²) in [4.78, 5) is 10.5. The van der Waals surface area contributed by atoms with Crippen LogP contribution in [0.25, 0.3) is 0 Å². The van der Waals surface area contributed by atoms with Crippen LogP contribution in [0.1, 0.15) is 27.2 Å². The molecule has 1 aromatic rings. The summed E-state index contributed by atoms with van der Waals surface area (Å²) in [6.45, 7) is 4.72. The highest BCUT2D eigenvalue weighted by molar-refractivity contribution is 5.68. The van der Waals surface area contributed by atoms with Crippen LogP contribution in [0.3, 0.4) is 0 Å². The number of anilines is 1. The molecule has 0 amide bonds. The molecule has 0 aliphatic carbocycles. The molecule has 21 heavy (non-hydrogen) atoms. The molecule has 0 aliphatic rings. The Morgan fingerprint density at radius 2 is 1.95 bits per heavy atom. The molecular weight excluding hydrogens is 289 g/mol. The molecule has 0 fully saturated rings. The van der Waals surface area contributed by atoms with Crippen molar-refractivity contribution >= 4 is 11.4 Å². The first-order valence-electron chi connectivity index (χ1n) is 6.37. The molecule has 0 radical (unpaired) electrons. The number of nitrogens with one attached hydrogen (secondary N) is 1. The molecular formula is C13H17F3N2O3. The lowest BCUT2D eigenvalue weighted by Crippen LogP contribution is -2.24. The summed E-state index contributed by atoms with van der Waals surface area (Å²) in [6.07, 6.45) is -5.71. The molecule has 118 valence electrons. The number of benzene rings is 1. The first-order valence-corrected chi connectivity index (χ1v) is 6.37. The normalized spacial score (nSPS) is 13.1. The van der Waals surface area contributed by atoms with Gasteiger partial charge in [0.05, 0.1) is 17.4 Å². The van der Waals surface area contributed by atoms with E-state index in [1.54, 1.807) is 13.8 Å². The van der Waals surface area contributed by atoms with Gasteiger partial charge in [-0.25, -0.2) is 0 Å². The highest BCUT2D eigenvalue weighted by atomic mass is 19.4. The molecule has 8 heteroatoms. The Morgan fingerprint density at radius 3 is 2.43 bits per heavy atom. The van der Waals surface area contributed by atoms with Gasteiger partial charge in [-0.15, -0.1) is 0 Å². The molecule has 0 bridgehead atoms. The van der Waals surface area contributed by atoms with E-state index < -0.39 is 23.6 Å². The average Bonchev–Trinajstić information content (AvgIpc) is 2.24. The van der Waals surface area contributed by atoms with Crippen LogP contribution >= 0.6 is 0 Å². The number of nitro benzene ring substituents is 1. The van der Waals surface area contributed by atoms with Crippen molar-refractivity contribution in [3.05, 3.63) is 28.3 Å². The number of hydrogen-bond donors (Lipinski definition) is 1. The van der Waals surface area contributed by atoms with Gasteiger partial charge in [0, 0.05) is 6.04 Å². The van der Waals surface area contributed by atoms with Gasteiger partial charge in [-0.2, -0.15) is 13.2 Å². The summed E-state index contributed by atoms with van der Waals surface area (Å²) in [5.74, 6) is 0.0270. The number of alkyl halides is 3. The van der Waals surface area contributed by atoms with Crippen molar-refractivity contribution in [3.63, 3.8) is 0 Å². The molecule has 0 saturated heterocycles. The lowest BCUT2D eigenvalue weighted by molar-refractivity contribution is -0.385. The quantitative estimate of drug-likeness (QED) is 0.634. The topological polar surface area (TPSA) is 64.4 Å². The van der Waals surface area contributed by atoms with E-state index in [0.29, 0.717) is 0 Å². The lowest BCUT2D eigenvalue weighted by Gasteiger charge is -2.18. The summed E-state index contributed by atoms with van der Waals surface area (Å²) >= 11 is 0. The van der Waals surface area contributed by atoms with Gasteiger partial charge in [0.25, 0.3) is 0 Å². The number of nitro groups is 1. The van der Waals surface area contributed by atoms with Gasteiger partial charge in [0.15, 0.2) is 5.75 Å². The summed E-state index contributed by atoms with van der Waals surface area (Å²) in [7, 11) is 0. The van der Waals surface area contributed by atoms with Gasteiger partial charge in [-0.3, -0.25) is 10.1 Å². The van der Waals surface area contributed by atoms with Crippen LogP contribution in [0.5, 0.6) is 5.75 Å². The second-order valence-corrected chi connectivity index (χ2v) is 4.94. The predicted octanol–water partition coefficient (Wildman–Crippen LogP) is 4.13. The maximum atomic E-state index is 12.3. The van der Waals surface area contributed by atoms with Gasteiger partial charge in [0.1, 0.15) is 5.69 Å². The van der Waals surface area contributed by atoms with Gasteiger partial charge >= 0.3 is 11.9 Å². The molecule has 0 aromatic heterocycles. The van der Waals surface area contributed by atoms with Gasteiger partial charge in [0.2, 0.25) is 0 Å². The molecule has 0 aliphatic heterocycles. The molecule has 0 spiro atoms. The van der Waals surface area contributed by atoms with E-state index in [1.807, 2.05) is 0 Å². The van der Waals surface area contributed by atoms with Crippen molar-refractivity contribution in [2.45, 2.75) is 45.5 Å². The minimum absolute atomic E-state index is 0.00917. The third-order valence-corrected chi connectivity index (χ3v) is 2.48. The second-order valence-electron chi connectivity index (χ2n) is 4.94. The van der Waals surface area contributed by atoms with Crippen molar-refractivity contribution in [3.8, 4) is 5.75 Å². The van der Waals surface area contributed by atoms with Crippen LogP contribution in [0.2, 0.25) is 0 Å². The Balaban J connectivity index is 3.04. The molecule has 0 saturated carbocycles.